The van der Waals surface area contributed by atoms with Crippen molar-refractivity contribution in [2.45, 2.75) is 13.8 Å². The Balaban J connectivity index is 2.72. The average Bonchev–Trinajstić information content (AvgIpc) is 2.71. The molecule has 5 nitrogen and oxygen atoms in total. The molecule has 0 aliphatic rings. The maximum atomic E-state index is 12.2. The number of rotatable bonds is 3. The zero-order valence-corrected chi connectivity index (χ0v) is 12.4. The van der Waals surface area contributed by atoms with Gasteiger partial charge in [-0.3, -0.25) is 4.57 Å². The molecule has 0 saturated carbocycles. The van der Waals surface area contributed by atoms with Gasteiger partial charge in [0, 0.05) is 16.3 Å². The van der Waals surface area contributed by atoms with Gasteiger partial charge in [-0.1, -0.05) is 11.6 Å². The number of esters is 1. The molecule has 1 heterocycles. The lowest BCUT2D eigenvalue weighted by atomic mass is 10.2. The Morgan fingerprint density at radius 2 is 2.05 bits per heavy atom. The molecule has 6 heteroatoms. The molecule has 0 fully saturated rings. The van der Waals surface area contributed by atoms with Crippen LogP contribution in [0.5, 0.6) is 0 Å². The summed E-state index contributed by atoms with van der Waals surface area (Å²) in [5.74, 6) is -0.307. The molecule has 0 atom stereocenters. The number of carbonyl (C=O) groups excluding carboxylic acids is 1. The molecule has 2 N–H and O–H groups in total. The average molecular weight is 304 g/mol. The van der Waals surface area contributed by atoms with E-state index < -0.39 is 5.97 Å². The number of hydrogen-bond donors (Lipinski definition) is 1. The van der Waals surface area contributed by atoms with Gasteiger partial charge in [0.15, 0.2) is 0 Å². The van der Waals surface area contributed by atoms with Gasteiger partial charge in [0.1, 0.15) is 17.6 Å². The Bertz CT molecular complexity index is 727. The smallest absolute Gasteiger partial charge is 0.355 e. The van der Waals surface area contributed by atoms with E-state index in [1.807, 2.05) is 6.07 Å². The highest BCUT2D eigenvalue weighted by Crippen LogP contribution is 2.29. The van der Waals surface area contributed by atoms with Gasteiger partial charge in [-0.25, -0.2) is 4.79 Å². The maximum Gasteiger partial charge on any atom is 0.355 e. The Hall–Kier alpha value is -2.45. The number of hydrogen-bond acceptors (Lipinski definition) is 4. The van der Waals surface area contributed by atoms with E-state index >= 15 is 0 Å². The zero-order valence-electron chi connectivity index (χ0n) is 11.7. The minimum absolute atomic E-state index is 0.209. The van der Waals surface area contributed by atoms with Gasteiger partial charge >= 0.3 is 5.97 Å². The minimum atomic E-state index is -0.516. The Kier molecular flexibility index (Phi) is 4.20. The molecule has 2 rings (SSSR count). The van der Waals surface area contributed by atoms with Crippen LogP contribution in [-0.4, -0.2) is 17.1 Å². The molecule has 0 aliphatic heterocycles. The van der Waals surface area contributed by atoms with Gasteiger partial charge < -0.3 is 10.5 Å². The first kappa shape index (κ1) is 14.9. The quantitative estimate of drug-likeness (QED) is 0.884. The number of nitrogens with two attached hydrogens (primary N) is 1. The van der Waals surface area contributed by atoms with Crippen molar-refractivity contribution in [1.29, 1.82) is 5.26 Å². The predicted molar refractivity (Wildman–Crippen MR) is 80.6 cm³/mol. The third-order valence-corrected chi connectivity index (χ3v) is 3.37. The topological polar surface area (TPSA) is 81.0 Å². The van der Waals surface area contributed by atoms with E-state index in [2.05, 4.69) is 0 Å². The summed E-state index contributed by atoms with van der Waals surface area (Å²) in [6.07, 6.45) is 0. The highest BCUT2D eigenvalue weighted by atomic mass is 35.5. The zero-order chi connectivity index (χ0) is 15.6. The number of anilines is 1. The number of nitrogen functional groups attached to an aromatic ring is 1. The molecule has 0 saturated heterocycles. The van der Waals surface area contributed by atoms with Crippen molar-refractivity contribution in [2.24, 2.45) is 0 Å². The van der Waals surface area contributed by atoms with E-state index in [1.165, 1.54) is 4.57 Å². The fourth-order valence-corrected chi connectivity index (χ4v) is 2.28. The largest absolute Gasteiger partial charge is 0.461 e. The van der Waals surface area contributed by atoms with Gasteiger partial charge in [-0.2, -0.15) is 5.26 Å². The van der Waals surface area contributed by atoms with E-state index in [0.717, 1.165) is 0 Å². The summed E-state index contributed by atoms with van der Waals surface area (Å²) < 4.78 is 6.57. The van der Waals surface area contributed by atoms with Crippen LogP contribution < -0.4 is 5.73 Å². The number of benzene rings is 1. The van der Waals surface area contributed by atoms with Gasteiger partial charge in [-0.15, -0.1) is 0 Å². The third-order valence-electron chi connectivity index (χ3n) is 3.12. The van der Waals surface area contributed by atoms with E-state index in [1.54, 1.807) is 38.1 Å². The first-order valence-corrected chi connectivity index (χ1v) is 6.73. The van der Waals surface area contributed by atoms with Gasteiger partial charge in [0.25, 0.3) is 0 Å². The number of halogens is 1. The summed E-state index contributed by atoms with van der Waals surface area (Å²) in [4.78, 5) is 12.2. The van der Waals surface area contributed by atoms with Crippen molar-refractivity contribution in [1.82, 2.24) is 4.57 Å². The number of nitrogens with zero attached hydrogens (tertiary/aromatic N) is 2. The molecule has 0 radical (unpaired) electrons. The second kappa shape index (κ2) is 5.90. The van der Waals surface area contributed by atoms with Crippen molar-refractivity contribution in [3.63, 3.8) is 0 Å². The summed E-state index contributed by atoms with van der Waals surface area (Å²) in [6.45, 7) is 3.64. The van der Waals surface area contributed by atoms with E-state index in [4.69, 9.17) is 22.1 Å². The summed E-state index contributed by atoms with van der Waals surface area (Å²) in [5.41, 5.74) is 7.69. The molecule has 2 aromatic rings. The van der Waals surface area contributed by atoms with Crippen LogP contribution >= 0.6 is 11.6 Å². The first-order valence-electron chi connectivity index (χ1n) is 6.35. The van der Waals surface area contributed by atoms with Crippen LogP contribution in [0.4, 0.5) is 5.82 Å². The fourth-order valence-electron chi connectivity index (χ4n) is 2.15. The van der Waals surface area contributed by atoms with Crippen LogP contribution in [0.2, 0.25) is 5.02 Å². The molecule has 0 spiro atoms. The van der Waals surface area contributed by atoms with Crippen molar-refractivity contribution in [3.8, 4) is 11.8 Å². The monoisotopic (exact) mass is 303 g/mol. The summed E-state index contributed by atoms with van der Waals surface area (Å²) >= 11 is 5.87. The van der Waals surface area contributed by atoms with Crippen LogP contribution in [0.25, 0.3) is 5.69 Å². The predicted octanol–water partition coefficient (Wildman–Crippen LogP) is 3.07. The molecule has 0 aliphatic carbocycles. The van der Waals surface area contributed by atoms with Gasteiger partial charge in [0.2, 0.25) is 0 Å². The van der Waals surface area contributed by atoms with Crippen molar-refractivity contribution < 1.29 is 9.53 Å². The van der Waals surface area contributed by atoms with E-state index in [9.17, 15) is 10.1 Å². The lowest BCUT2D eigenvalue weighted by molar-refractivity contribution is 0.0516. The van der Waals surface area contributed by atoms with Crippen LogP contribution in [0.3, 0.4) is 0 Å². The van der Waals surface area contributed by atoms with Crippen LogP contribution in [0.1, 0.15) is 28.5 Å². The van der Waals surface area contributed by atoms with E-state index in [0.29, 0.717) is 16.3 Å². The first-order chi connectivity index (χ1) is 10.0. The standard InChI is InChI=1S/C15H14ClN3O2/c1-3-21-15(20)13-9(2)12(8-17)14(18)19(13)11-6-4-10(16)5-7-11/h4-7H,3,18H2,1-2H3. The van der Waals surface area contributed by atoms with Crippen molar-refractivity contribution in [3.05, 3.63) is 46.1 Å². The maximum absolute atomic E-state index is 12.2. The SMILES string of the molecule is CCOC(=O)c1c(C)c(C#N)c(N)n1-c1ccc(Cl)cc1. The number of ether oxygens (including phenoxy) is 1. The van der Waals surface area contributed by atoms with Gasteiger partial charge in [-0.05, 0) is 38.1 Å². The van der Waals surface area contributed by atoms with Crippen LogP contribution in [-0.2, 0) is 4.74 Å². The minimum Gasteiger partial charge on any atom is -0.461 e. The Morgan fingerprint density at radius 3 is 2.57 bits per heavy atom. The van der Waals surface area contributed by atoms with Gasteiger partial charge in [0.05, 0.1) is 12.2 Å². The second-order valence-electron chi connectivity index (χ2n) is 4.38. The molecule has 108 valence electrons. The highest BCUT2D eigenvalue weighted by molar-refractivity contribution is 6.30. The summed E-state index contributed by atoms with van der Waals surface area (Å²) in [7, 11) is 0. The number of nitriles is 1. The molecule has 0 amide bonds. The third kappa shape index (κ3) is 2.58. The molecule has 21 heavy (non-hydrogen) atoms. The summed E-state index contributed by atoms with van der Waals surface area (Å²) in [6, 6.07) is 8.85. The fraction of sp³-hybridized carbons (Fsp3) is 0.200. The van der Waals surface area contributed by atoms with Crippen molar-refractivity contribution in [2.75, 3.05) is 12.3 Å². The Labute approximate surface area is 127 Å². The normalized spacial score (nSPS) is 10.2. The Morgan fingerprint density at radius 1 is 1.43 bits per heavy atom. The number of aromatic nitrogens is 1. The molecular weight excluding hydrogens is 290 g/mol. The summed E-state index contributed by atoms with van der Waals surface area (Å²) in [5, 5.41) is 9.79. The molecule has 0 unspecified atom stereocenters. The van der Waals surface area contributed by atoms with Crippen LogP contribution in [0, 0.1) is 18.3 Å². The van der Waals surface area contributed by atoms with E-state index in [-0.39, 0.29) is 23.7 Å². The molecular formula is C15H14ClN3O2. The van der Waals surface area contributed by atoms with Crippen molar-refractivity contribution >= 4 is 23.4 Å². The highest BCUT2D eigenvalue weighted by Gasteiger charge is 2.25. The second-order valence-corrected chi connectivity index (χ2v) is 4.81. The molecule has 1 aromatic heterocycles. The lowest BCUT2D eigenvalue weighted by Gasteiger charge is -2.11. The lowest BCUT2D eigenvalue weighted by Crippen LogP contribution is -2.13. The molecule has 0 bridgehead atoms. The number of carbonyl (C=O) groups is 1. The molecule has 1 aromatic carbocycles. The van der Waals surface area contributed by atoms with Crippen LogP contribution in [0.15, 0.2) is 24.3 Å².